The molecule has 3 aromatic heterocycles. The van der Waals surface area contributed by atoms with Gasteiger partial charge in [0.25, 0.3) is 11.8 Å². The van der Waals surface area contributed by atoms with Gasteiger partial charge in [0.2, 0.25) is 5.82 Å². The Bertz CT molecular complexity index is 1660. The molecule has 0 spiro atoms. The van der Waals surface area contributed by atoms with E-state index < -0.39 is 36.3 Å². The van der Waals surface area contributed by atoms with Gasteiger partial charge in [-0.05, 0) is 83.0 Å². The van der Waals surface area contributed by atoms with E-state index in [1.807, 2.05) is 0 Å². The van der Waals surface area contributed by atoms with Crippen molar-refractivity contribution >= 4 is 45.0 Å². The second-order valence-electron chi connectivity index (χ2n) is 9.20. The van der Waals surface area contributed by atoms with Crippen LogP contribution in [0.15, 0.2) is 41.0 Å². The Morgan fingerprint density at radius 2 is 1.83 bits per heavy atom. The third kappa shape index (κ3) is 6.25. The van der Waals surface area contributed by atoms with Crippen molar-refractivity contribution in [2.45, 2.75) is 45.5 Å². The van der Waals surface area contributed by atoms with Gasteiger partial charge in [-0.3, -0.25) is 9.59 Å². The maximum atomic E-state index is 14.0. The van der Waals surface area contributed by atoms with Gasteiger partial charge in [-0.25, -0.2) is 14.3 Å². The summed E-state index contributed by atoms with van der Waals surface area (Å²) in [7, 11) is 0. The highest BCUT2D eigenvalue weighted by Gasteiger charge is 2.62. The molecule has 2 N–H and O–H groups in total. The molecule has 4 rings (SSSR count). The number of anilines is 1. The fourth-order valence-electron chi connectivity index (χ4n) is 3.79. The van der Waals surface area contributed by atoms with E-state index >= 15 is 0 Å². The lowest BCUT2D eigenvalue weighted by atomic mass is 10.1. The van der Waals surface area contributed by atoms with E-state index in [1.165, 1.54) is 18.3 Å². The summed E-state index contributed by atoms with van der Waals surface area (Å²) in [5, 5.41) is 18.9. The first-order valence-electron chi connectivity index (χ1n) is 11.9. The summed E-state index contributed by atoms with van der Waals surface area (Å²) in [6.45, 7) is 4.36. The van der Waals surface area contributed by atoms with Gasteiger partial charge in [-0.1, -0.05) is 11.6 Å². The predicted octanol–water partition coefficient (Wildman–Crippen LogP) is 5.07. The van der Waals surface area contributed by atoms with Gasteiger partial charge in [0.1, 0.15) is 5.69 Å². The lowest BCUT2D eigenvalue weighted by Crippen LogP contribution is -2.36. The van der Waals surface area contributed by atoms with Gasteiger partial charge in [-0.2, -0.15) is 27.1 Å². The Kier molecular flexibility index (Phi) is 8.63. The number of nitrogens with zero attached hydrogens (tertiary/aromatic N) is 7. The Balaban J connectivity index is 1.78. The lowest BCUT2D eigenvalue weighted by Gasteiger charge is -2.18. The fraction of sp³-hybridized carbons (Fsp3) is 0.292. The summed E-state index contributed by atoms with van der Waals surface area (Å²) in [5.41, 5.74) is 0.286. The number of aryl methyl sites for hydroxylation is 1. The molecule has 42 heavy (non-hydrogen) atoms. The number of halogens is 7. The third-order valence-electron chi connectivity index (χ3n) is 5.62. The smallest absolute Gasteiger partial charge is 0.350 e. The van der Waals surface area contributed by atoms with Crippen molar-refractivity contribution < 1.29 is 31.5 Å². The molecule has 18 heteroatoms. The Morgan fingerprint density at radius 1 is 1.12 bits per heavy atom. The van der Waals surface area contributed by atoms with Crippen molar-refractivity contribution in [1.82, 2.24) is 40.3 Å². The molecule has 0 aliphatic carbocycles. The topological polar surface area (TPSA) is 133 Å². The fourth-order valence-corrected chi connectivity index (χ4v) is 4.48. The number of nitrogens with one attached hydrogen (secondary N) is 2. The molecule has 1 aromatic carbocycles. The summed E-state index contributed by atoms with van der Waals surface area (Å²) in [6, 6.07) is 6.99. The molecule has 0 aliphatic rings. The van der Waals surface area contributed by atoms with E-state index in [9.17, 15) is 31.5 Å². The molecule has 0 saturated carbocycles. The van der Waals surface area contributed by atoms with Crippen molar-refractivity contribution in [2.75, 3.05) is 5.32 Å². The predicted molar refractivity (Wildman–Crippen MR) is 143 cm³/mol. The largest absolute Gasteiger partial charge is 0.461 e. The first kappa shape index (κ1) is 31.0. The number of benzene rings is 1. The summed E-state index contributed by atoms with van der Waals surface area (Å²) in [5.74, 6) is -8.34. The highest BCUT2D eigenvalue weighted by atomic mass is 79.9. The standard InChI is InChI=1S/C24H20BrClF5N9O2/c1-11(2)33-20(41)15-8-13(26)7-12(3)18(15)34-21(42)17-9-14(36-40(17)19-16(25)5-4-6-32-19)10-39-22(35-37-38-39)23(27,28)24(29,30)31/h4-9,11H,10H2,1-3H3,(H,33,41)(H,34,42). The summed E-state index contributed by atoms with van der Waals surface area (Å²) < 4.78 is 68.7. The molecule has 0 bridgehead atoms. The van der Waals surface area contributed by atoms with Crippen LogP contribution in [0.1, 0.15) is 51.8 Å². The molecule has 4 aromatic rings. The molecule has 0 unspecified atom stereocenters. The van der Waals surface area contributed by atoms with E-state index in [2.05, 4.69) is 52.2 Å². The van der Waals surface area contributed by atoms with Crippen molar-refractivity contribution in [3.63, 3.8) is 0 Å². The molecule has 0 saturated heterocycles. The van der Waals surface area contributed by atoms with Crippen LogP contribution in [0.25, 0.3) is 5.82 Å². The minimum absolute atomic E-state index is 0.0695. The van der Waals surface area contributed by atoms with Crippen LogP contribution in [-0.4, -0.2) is 59.0 Å². The van der Waals surface area contributed by atoms with Gasteiger partial charge in [0.05, 0.1) is 28.0 Å². The molecule has 3 heterocycles. The molecule has 2 amide bonds. The van der Waals surface area contributed by atoms with Crippen LogP contribution in [0.3, 0.4) is 0 Å². The monoisotopic (exact) mass is 675 g/mol. The molecule has 0 atom stereocenters. The van der Waals surface area contributed by atoms with E-state index in [0.717, 1.165) is 10.7 Å². The van der Waals surface area contributed by atoms with E-state index in [0.29, 0.717) is 10.0 Å². The summed E-state index contributed by atoms with van der Waals surface area (Å²) in [6.07, 6.45) is -4.57. The van der Waals surface area contributed by atoms with Crippen LogP contribution in [0.2, 0.25) is 5.02 Å². The second-order valence-corrected chi connectivity index (χ2v) is 10.5. The van der Waals surface area contributed by atoms with E-state index in [4.69, 9.17) is 11.6 Å². The Morgan fingerprint density at radius 3 is 2.48 bits per heavy atom. The van der Waals surface area contributed by atoms with Crippen molar-refractivity contribution in [3.8, 4) is 5.82 Å². The van der Waals surface area contributed by atoms with Crippen molar-refractivity contribution in [2.24, 2.45) is 0 Å². The molecular formula is C24H20BrClF5N9O2. The number of tetrazole rings is 1. The van der Waals surface area contributed by atoms with Gasteiger partial charge >= 0.3 is 12.1 Å². The molecule has 222 valence electrons. The Labute approximate surface area is 247 Å². The second kappa shape index (κ2) is 11.7. The molecule has 0 fully saturated rings. The minimum atomic E-state index is -5.96. The van der Waals surface area contributed by atoms with Gasteiger partial charge in [0.15, 0.2) is 5.82 Å². The molecule has 0 aliphatic heterocycles. The van der Waals surface area contributed by atoms with Gasteiger partial charge in [-0.15, -0.1) is 5.10 Å². The van der Waals surface area contributed by atoms with E-state index in [1.54, 1.807) is 32.9 Å². The number of rotatable bonds is 8. The summed E-state index contributed by atoms with van der Waals surface area (Å²) >= 11 is 9.46. The Hall–Kier alpha value is -3.99. The average Bonchev–Trinajstić information content (AvgIpc) is 3.52. The number of alkyl halides is 5. The zero-order valence-corrected chi connectivity index (χ0v) is 24.2. The van der Waals surface area contributed by atoms with Crippen LogP contribution < -0.4 is 10.6 Å². The number of carbonyl (C=O) groups excluding carboxylic acids is 2. The lowest BCUT2D eigenvalue weighted by molar-refractivity contribution is -0.293. The van der Waals surface area contributed by atoms with Crippen molar-refractivity contribution in [3.05, 3.63) is 74.4 Å². The first-order valence-corrected chi connectivity index (χ1v) is 13.1. The zero-order chi connectivity index (χ0) is 31.0. The van der Waals surface area contributed by atoms with Crippen LogP contribution in [0.4, 0.5) is 27.6 Å². The van der Waals surface area contributed by atoms with Gasteiger partial charge in [0, 0.05) is 17.3 Å². The molecule has 11 nitrogen and oxygen atoms in total. The highest BCUT2D eigenvalue weighted by Crippen LogP contribution is 2.42. The number of hydrogen-bond acceptors (Lipinski definition) is 7. The average molecular weight is 677 g/mol. The minimum Gasteiger partial charge on any atom is -0.350 e. The first-order chi connectivity index (χ1) is 19.6. The van der Waals surface area contributed by atoms with Crippen LogP contribution in [-0.2, 0) is 12.5 Å². The van der Waals surface area contributed by atoms with Crippen LogP contribution in [0, 0.1) is 6.92 Å². The third-order valence-corrected chi connectivity index (χ3v) is 6.45. The number of amides is 2. The van der Waals surface area contributed by atoms with Crippen molar-refractivity contribution in [1.29, 1.82) is 0 Å². The maximum absolute atomic E-state index is 14.0. The number of aromatic nitrogens is 7. The molecular weight excluding hydrogens is 657 g/mol. The number of hydrogen-bond donors (Lipinski definition) is 2. The zero-order valence-electron chi connectivity index (χ0n) is 21.8. The highest BCUT2D eigenvalue weighted by molar-refractivity contribution is 9.10. The number of pyridine rings is 1. The van der Waals surface area contributed by atoms with E-state index in [-0.39, 0.29) is 44.2 Å². The van der Waals surface area contributed by atoms with Crippen LogP contribution >= 0.6 is 27.5 Å². The van der Waals surface area contributed by atoms with Gasteiger partial charge < -0.3 is 10.6 Å². The van der Waals surface area contributed by atoms with Crippen LogP contribution in [0.5, 0.6) is 0 Å². The normalized spacial score (nSPS) is 12.1. The maximum Gasteiger partial charge on any atom is 0.461 e. The quantitative estimate of drug-likeness (QED) is 0.249. The molecule has 0 radical (unpaired) electrons. The SMILES string of the molecule is Cc1cc(Cl)cc(C(=O)NC(C)C)c1NC(=O)c1cc(Cn2nnnc2C(F)(F)C(F)(F)F)nn1-c1ncccc1Br. The summed E-state index contributed by atoms with van der Waals surface area (Å²) in [4.78, 5) is 30.7. The number of carbonyl (C=O) groups is 2.